The zero-order chi connectivity index (χ0) is 18.4. The van der Waals surface area contributed by atoms with Crippen LogP contribution in [0.1, 0.15) is 12.5 Å². The van der Waals surface area contributed by atoms with Crippen LogP contribution in [0.25, 0.3) is 0 Å². The van der Waals surface area contributed by atoms with Crippen molar-refractivity contribution in [2.45, 2.75) is 24.7 Å². The quantitative estimate of drug-likeness (QED) is 0.559. The average Bonchev–Trinajstić information content (AvgIpc) is 2.49. The van der Waals surface area contributed by atoms with Crippen molar-refractivity contribution in [2.24, 2.45) is 0 Å². The maximum absolute atomic E-state index is 13.4. The van der Waals surface area contributed by atoms with Crippen molar-refractivity contribution in [3.63, 3.8) is 0 Å². The number of alkyl carbamates (subject to hydrolysis) is 1. The molecule has 0 saturated heterocycles. The van der Waals surface area contributed by atoms with Crippen LogP contribution in [0.4, 0.5) is 22.4 Å². The number of amides is 1. The first-order valence-corrected chi connectivity index (χ1v) is 7.93. The summed E-state index contributed by atoms with van der Waals surface area (Å²) in [5.41, 5.74) is 0.624. The zero-order valence-electron chi connectivity index (χ0n) is 12.5. The number of carbonyl (C=O) groups is 1. The molecule has 0 saturated carbocycles. The van der Waals surface area contributed by atoms with Crippen LogP contribution in [0.5, 0.6) is 0 Å². The number of nitrogens with one attached hydrogen (secondary N) is 1. The van der Waals surface area contributed by atoms with Crippen LogP contribution in [-0.2, 0) is 25.6 Å². The largest absolute Gasteiger partial charge is 0.445 e. The molecule has 0 radical (unpaired) electrons. The van der Waals surface area contributed by atoms with Gasteiger partial charge >= 0.3 is 21.5 Å². The Bertz CT molecular complexity index is 646. The minimum atomic E-state index is -5.47. The van der Waals surface area contributed by atoms with Gasteiger partial charge in [-0.3, -0.25) is 4.18 Å². The van der Waals surface area contributed by atoms with Gasteiger partial charge in [-0.1, -0.05) is 30.3 Å². The number of carbonyl (C=O) groups excluding carboxylic acids is 1. The second kappa shape index (κ2) is 7.79. The predicted molar refractivity (Wildman–Crippen MR) is 75.1 cm³/mol. The Hall–Kier alpha value is -1.88. The van der Waals surface area contributed by atoms with E-state index >= 15 is 0 Å². The van der Waals surface area contributed by atoms with Crippen LogP contribution < -0.4 is 5.32 Å². The molecule has 24 heavy (non-hydrogen) atoms. The van der Waals surface area contributed by atoms with Gasteiger partial charge < -0.3 is 10.1 Å². The lowest BCUT2D eigenvalue weighted by Gasteiger charge is -2.18. The summed E-state index contributed by atoms with van der Waals surface area (Å²) in [6.07, 6.45) is -1.18. The number of halogens is 4. The van der Waals surface area contributed by atoms with E-state index in [9.17, 15) is 30.8 Å². The van der Waals surface area contributed by atoms with Gasteiger partial charge in [-0.25, -0.2) is 13.6 Å². The first-order valence-electron chi connectivity index (χ1n) is 6.52. The van der Waals surface area contributed by atoms with Gasteiger partial charge in [0, 0.05) is 6.92 Å². The van der Waals surface area contributed by atoms with Gasteiger partial charge in [0.1, 0.15) is 13.2 Å². The van der Waals surface area contributed by atoms with Crippen molar-refractivity contribution in [1.82, 2.24) is 5.32 Å². The Kier molecular flexibility index (Phi) is 6.55. The molecule has 0 aromatic heterocycles. The minimum Gasteiger partial charge on any atom is -0.445 e. The highest BCUT2D eigenvalue weighted by Gasteiger charge is 2.43. The van der Waals surface area contributed by atoms with E-state index in [-0.39, 0.29) is 13.5 Å². The van der Waals surface area contributed by atoms with Crippen molar-refractivity contribution < 1.29 is 39.7 Å². The van der Waals surface area contributed by atoms with E-state index < -0.39 is 40.5 Å². The zero-order valence-corrected chi connectivity index (χ0v) is 13.3. The smallest absolute Gasteiger partial charge is 0.407 e. The first kappa shape index (κ1) is 20.2. The van der Waals surface area contributed by atoms with Gasteiger partial charge in [0.25, 0.3) is 5.92 Å². The summed E-state index contributed by atoms with van der Waals surface area (Å²) in [7, 11) is -5.47. The van der Waals surface area contributed by atoms with Crippen molar-refractivity contribution in [3.8, 4) is 0 Å². The molecule has 136 valence electrons. The SMILES string of the molecule is CC(F)(F)S(=O)(=O)OCC(F)(F)CNC(=O)OCc1ccccc1. The van der Waals surface area contributed by atoms with Crippen LogP contribution in [0.3, 0.4) is 0 Å². The van der Waals surface area contributed by atoms with E-state index in [1.807, 2.05) is 0 Å². The summed E-state index contributed by atoms with van der Waals surface area (Å²) in [5.74, 6) is -3.88. The molecule has 0 fully saturated rings. The Labute approximate surface area is 135 Å². The Morgan fingerprint density at radius 1 is 1.17 bits per heavy atom. The molecule has 0 aliphatic carbocycles. The summed E-state index contributed by atoms with van der Waals surface area (Å²) in [5, 5.41) is -2.62. The molecular formula is C13H15F4NO5S. The summed E-state index contributed by atoms with van der Waals surface area (Å²) in [4.78, 5) is 11.3. The monoisotopic (exact) mass is 373 g/mol. The lowest BCUT2D eigenvalue weighted by atomic mass is 10.2. The van der Waals surface area contributed by atoms with E-state index in [4.69, 9.17) is 0 Å². The van der Waals surface area contributed by atoms with Gasteiger partial charge in [0.2, 0.25) is 0 Å². The Morgan fingerprint density at radius 3 is 2.29 bits per heavy atom. The number of benzene rings is 1. The van der Waals surface area contributed by atoms with E-state index in [0.29, 0.717) is 5.56 Å². The first-order chi connectivity index (χ1) is 10.9. The summed E-state index contributed by atoms with van der Waals surface area (Å²) in [6, 6.07) is 8.40. The predicted octanol–water partition coefficient (Wildman–Crippen LogP) is 2.51. The lowest BCUT2D eigenvalue weighted by Crippen LogP contribution is -2.41. The highest BCUT2D eigenvalue weighted by atomic mass is 32.2. The molecule has 1 rings (SSSR count). The Balaban J connectivity index is 2.40. The maximum Gasteiger partial charge on any atom is 0.407 e. The fraction of sp³-hybridized carbons (Fsp3) is 0.462. The van der Waals surface area contributed by atoms with Gasteiger partial charge in [0.15, 0.2) is 0 Å². The molecule has 6 nitrogen and oxygen atoms in total. The molecule has 0 bridgehead atoms. The van der Waals surface area contributed by atoms with E-state index in [1.54, 1.807) is 35.6 Å². The van der Waals surface area contributed by atoms with E-state index in [0.717, 1.165) is 0 Å². The molecule has 0 unspecified atom stereocenters. The normalized spacial score (nSPS) is 12.7. The highest BCUT2D eigenvalue weighted by molar-refractivity contribution is 7.87. The lowest BCUT2D eigenvalue weighted by molar-refractivity contribution is -0.0414. The molecule has 1 amide bonds. The molecule has 0 atom stereocenters. The molecule has 1 aromatic carbocycles. The van der Waals surface area contributed by atoms with E-state index in [2.05, 4.69) is 8.92 Å². The molecule has 0 aliphatic rings. The third-order valence-electron chi connectivity index (χ3n) is 2.57. The van der Waals surface area contributed by atoms with Crippen LogP contribution in [0.2, 0.25) is 0 Å². The van der Waals surface area contributed by atoms with Gasteiger partial charge in [0.05, 0.1) is 6.54 Å². The van der Waals surface area contributed by atoms with Crippen molar-refractivity contribution in [3.05, 3.63) is 35.9 Å². The van der Waals surface area contributed by atoms with Crippen LogP contribution in [0.15, 0.2) is 30.3 Å². The molecule has 11 heteroatoms. The highest BCUT2D eigenvalue weighted by Crippen LogP contribution is 2.24. The van der Waals surface area contributed by atoms with Crippen molar-refractivity contribution in [2.75, 3.05) is 13.2 Å². The number of hydrogen-bond donors (Lipinski definition) is 1. The molecule has 0 heterocycles. The summed E-state index contributed by atoms with van der Waals surface area (Å²) >= 11 is 0. The second-order valence-electron chi connectivity index (χ2n) is 4.80. The number of ether oxygens (including phenoxy) is 1. The molecule has 1 N–H and O–H groups in total. The number of alkyl halides is 4. The van der Waals surface area contributed by atoms with Crippen LogP contribution in [-0.4, -0.2) is 38.8 Å². The standard InChI is InChI=1S/C13H15F4NO5S/c1-12(14,15)24(20,21)23-9-13(16,17)8-18-11(19)22-7-10-5-3-2-4-6-10/h2-6H,7-9H2,1H3,(H,18,19). The van der Waals surface area contributed by atoms with Gasteiger partial charge in [-0.05, 0) is 5.56 Å². The molecule has 1 aromatic rings. The molecule has 0 aliphatic heterocycles. The fourth-order valence-corrected chi connectivity index (χ4v) is 1.83. The summed E-state index contributed by atoms with van der Waals surface area (Å²) in [6.45, 7) is -3.34. The topological polar surface area (TPSA) is 81.7 Å². The number of hydrogen-bond acceptors (Lipinski definition) is 5. The fourth-order valence-electron chi connectivity index (χ4n) is 1.29. The third-order valence-corrected chi connectivity index (χ3v) is 3.87. The maximum atomic E-state index is 13.4. The van der Waals surface area contributed by atoms with Gasteiger partial charge in [-0.2, -0.15) is 17.2 Å². The van der Waals surface area contributed by atoms with E-state index in [1.165, 1.54) is 0 Å². The van der Waals surface area contributed by atoms with Crippen molar-refractivity contribution in [1.29, 1.82) is 0 Å². The number of rotatable bonds is 8. The molecule has 0 spiro atoms. The minimum absolute atomic E-state index is 0.000324. The average molecular weight is 373 g/mol. The van der Waals surface area contributed by atoms with Crippen molar-refractivity contribution >= 4 is 16.2 Å². The van der Waals surface area contributed by atoms with Crippen LogP contribution in [0, 0.1) is 0 Å². The second-order valence-corrected chi connectivity index (χ2v) is 6.66. The molecular weight excluding hydrogens is 358 g/mol. The third kappa shape index (κ3) is 6.71. The Morgan fingerprint density at radius 2 is 1.75 bits per heavy atom. The van der Waals surface area contributed by atoms with Crippen LogP contribution >= 0.6 is 0 Å². The summed E-state index contributed by atoms with van der Waals surface area (Å²) < 4.78 is 81.9. The van der Waals surface area contributed by atoms with Gasteiger partial charge in [-0.15, -0.1) is 0 Å².